The Kier molecular flexibility index (Phi) is 33.1. The average molecular weight is 1220 g/mol. The van der Waals surface area contributed by atoms with Crippen molar-refractivity contribution in [1.29, 1.82) is 0 Å². The van der Waals surface area contributed by atoms with Crippen LogP contribution in [0.25, 0.3) is 0 Å². The molecule has 86 heavy (non-hydrogen) atoms. The van der Waals surface area contributed by atoms with Gasteiger partial charge in [-0.05, 0) is 94.8 Å². The van der Waals surface area contributed by atoms with Gasteiger partial charge in [-0.3, -0.25) is 57.5 Å². The fourth-order valence-electron chi connectivity index (χ4n) is 10.5. The molecule has 24 heteroatoms. The Bertz CT molecular complexity index is 2310. The molecule has 0 aliphatic carbocycles. The number of hydrogen-bond acceptors (Lipinski definition) is 12. The van der Waals surface area contributed by atoms with E-state index in [0.29, 0.717) is 13.0 Å². The molecule has 1 rings (SSSR count). The van der Waals surface area contributed by atoms with Gasteiger partial charge in [0.05, 0.1) is 13.1 Å². The number of amides is 12. The van der Waals surface area contributed by atoms with Crippen LogP contribution in [0.5, 0.6) is 0 Å². The minimum Gasteiger partial charge on any atom is -0.356 e. The Morgan fingerprint density at radius 1 is 0.453 bits per heavy atom. The molecule has 1 aliphatic rings. The second-order valence-electron chi connectivity index (χ2n) is 26.2. The summed E-state index contributed by atoms with van der Waals surface area (Å²) in [6.45, 7) is 25.8. The Hall–Kier alpha value is -6.36. The lowest BCUT2D eigenvalue weighted by Gasteiger charge is -2.38. The van der Waals surface area contributed by atoms with Crippen molar-refractivity contribution in [3.05, 3.63) is 0 Å². The van der Waals surface area contributed by atoms with Gasteiger partial charge in [0, 0.05) is 62.8 Å². The van der Waals surface area contributed by atoms with Crippen LogP contribution in [0.1, 0.15) is 168 Å². The van der Waals surface area contributed by atoms with Crippen molar-refractivity contribution < 1.29 is 57.5 Å². The molecule has 5 N–H and O–H groups in total. The maximum absolute atomic E-state index is 14.8. The van der Waals surface area contributed by atoms with Crippen LogP contribution in [0.15, 0.2) is 0 Å². The van der Waals surface area contributed by atoms with Crippen molar-refractivity contribution in [2.24, 2.45) is 35.5 Å². The van der Waals surface area contributed by atoms with Crippen LogP contribution in [-0.4, -0.2) is 229 Å². The molecule has 12 amide bonds. The zero-order valence-electron chi connectivity index (χ0n) is 56.4. The van der Waals surface area contributed by atoms with Crippen molar-refractivity contribution in [1.82, 2.24) is 60.9 Å². The molecule has 0 saturated carbocycles. The van der Waals surface area contributed by atoms with Crippen LogP contribution >= 0.6 is 0 Å². The van der Waals surface area contributed by atoms with Gasteiger partial charge in [0.15, 0.2) is 0 Å². The molecule has 0 radical (unpaired) electrons. The van der Waals surface area contributed by atoms with E-state index in [-0.39, 0.29) is 67.6 Å². The predicted molar refractivity (Wildman–Crippen MR) is 331 cm³/mol. The summed E-state index contributed by atoms with van der Waals surface area (Å²) < 4.78 is 0. The van der Waals surface area contributed by atoms with Crippen molar-refractivity contribution in [3.63, 3.8) is 0 Å². The Balaban J connectivity index is 4.05. The molecule has 0 bridgehead atoms. The molecule has 0 spiro atoms. The first kappa shape index (κ1) is 77.7. The van der Waals surface area contributed by atoms with E-state index in [9.17, 15) is 57.5 Å². The minimum atomic E-state index is -1.21. The molecule has 1 aliphatic heterocycles. The first-order valence-electron chi connectivity index (χ1n) is 31.0. The molecule has 0 aromatic rings. The second kappa shape index (κ2) is 36.7. The third-order valence-electron chi connectivity index (χ3n) is 16.2. The van der Waals surface area contributed by atoms with E-state index in [4.69, 9.17) is 0 Å². The smallest absolute Gasteiger partial charge is 0.245 e. The standard InChI is InChI=1S/C62H112N12O12/c1-36(2)29-46-56(80)65-42(12)54(78)66-43(13)58(82)73(21)50(32-39(7)8)61(85)74(22)49(31-38(5)6)60(84)68(16)35-52(77)70(18)48(33-41(11)27-25-23-24-26-28-63-45(15)75)55(79)64-34-51(76)69(17)44(14)59(83)71(19)47(30-37(3)4)57(81)67-53(40(9)10)62(86)72(46)20/h36-44,46-50,53H,23-35H2,1-22H3,(H,63,75)(H,64,79)(H,65,80)(H,66,78)(H,67,81)/t41-,42+,43-,44?,46+,47+,48?,49+,50+,53?/m1/s1. The maximum atomic E-state index is 14.8. The predicted octanol–water partition coefficient (Wildman–Crippen LogP) is 3.00. The highest BCUT2D eigenvalue weighted by molar-refractivity contribution is 5.99. The van der Waals surface area contributed by atoms with Gasteiger partial charge in [-0.15, -0.1) is 0 Å². The monoisotopic (exact) mass is 1220 g/mol. The van der Waals surface area contributed by atoms with Crippen molar-refractivity contribution in [3.8, 4) is 0 Å². The van der Waals surface area contributed by atoms with E-state index < -0.39 is 138 Å². The quantitative estimate of drug-likeness (QED) is 0.124. The molecular weight excluding hydrogens is 1100 g/mol. The van der Waals surface area contributed by atoms with Crippen molar-refractivity contribution in [2.75, 3.05) is 69.0 Å². The van der Waals surface area contributed by atoms with E-state index in [1.54, 1.807) is 13.8 Å². The summed E-state index contributed by atoms with van der Waals surface area (Å²) in [5.74, 6) is -8.09. The summed E-state index contributed by atoms with van der Waals surface area (Å²) in [6.07, 6.45) is 4.93. The number of carbonyl (C=O) groups excluding carboxylic acids is 12. The fourth-order valence-corrected chi connectivity index (χ4v) is 10.5. The zero-order chi connectivity index (χ0) is 66.4. The number of unbranched alkanes of at least 4 members (excludes halogenated alkanes) is 3. The molecule has 24 nitrogen and oxygen atoms in total. The fraction of sp³-hybridized carbons (Fsp3) is 0.806. The Morgan fingerprint density at radius 3 is 1.38 bits per heavy atom. The van der Waals surface area contributed by atoms with Crippen molar-refractivity contribution in [2.45, 2.75) is 222 Å². The highest BCUT2D eigenvalue weighted by Crippen LogP contribution is 2.23. The third kappa shape index (κ3) is 24.4. The number of carbonyl (C=O) groups is 12. The van der Waals surface area contributed by atoms with Crippen LogP contribution in [0.2, 0.25) is 0 Å². The number of nitrogens with zero attached hydrogens (tertiary/aromatic N) is 7. The van der Waals surface area contributed by atoms with Gasteiger partial charge in [0.2, 0.25) is 70.9 Å². The SMILES string of the molecule is CC(=O)NCCCCCC[C@@H](C)CC1C(=O)NCC(=O)N(C)C(C)C(=O)N(C)[C@@H](CC(C)C)C(=O)NC(C(C)C)C(=O)N(C)[C@@H](CC(C)C)C(=O)N[C@@H](C)C(=O)N[C@H](C)C(=O)N(C)[C@@H](CC(C)C)C(=O)N(C)[C@@H](CC(C)C)C(=O)N(C)CC(=O)N1C. The van der Waals surface area contributed by atoms with E-state index in [2.05, 4.69) is 26.6 Å². The normalized spacial score (nSPS) is 25.2. The number of rotatable bonds is 18. The van der Waals surface area contributed by atoms with E-state index >= 15 is 0 Å². The molecule has 3 unspecified atom stereocenters. The van der Waals surface area contributed by atoms with Crippen LogP contribution in [-0.2, 0) is 57.5 Å². The van der Waals surface area contributed by atoms with Gasteiger partial charge in [0.1, 0.15) is 54.4 Å². The van der Waals surface area contributed by atoms with Crippen molar-refractivity contribution >= 4 is 70.9 Å². The lowest BCUT2D eigenvalue weighted by molar-refractivity contribution is -0.152. The highest BCUT2D eigenvalue weighted by atomic mass is 16.2. The summed E-state index contributed by atoms with van der Waals surface area (Å²) in [4.78, 5) is 178. The third-order valence-corrected chi connectivity index (χ3v) is 16.2. The number of hydrogen-bond donors (Lipinski definition) is 5. The first-order valence-corrected chi connectivity index (χ1v) is 31.0. The summed E-state index contributed by atoms with van der Waals surface area (Å²) >= 11 is 0. The van der Waals surface area contributed by atoms with Gasteiger partial charge in [-0.1, -0.05) is 102 Å². The summed E-state index contributed by atoms with van der Waals surface area (Å²) in [5, 5.41) is 13.7. The lowest BCUT2D eigenvalue weighted by atomic mass is 9.94. The van der Waals surface area contributed by atoms with Gasteiger partial charge in [0.25, 0.3) is 0 Å². The summed E-state index contributed by atoms with van der Waals surface area (Å²) in [7, 11) is 10.1. The van der Waals surface area contributed by atoms with E-state index in [1.165, 1.54) is 106 Å². The van der Waals surface area contributed by atoms with Gasteiger partial charge < -0.3 is 60.9 Å². The van der Waals surface area contributed by atoms with Crippen LogP contribution in [0, 0.1) is 35.5 Å². The lowest BCUT2D eigenvalue weighted by Crippen LogP contribution is -2.61. The number of nitrogens with one attached hydrogen (secondary N) is 5. The summed E-state index contributed by atoms with van der Waals surface area (Å²) in [6, 6.07) is -10.3. The van der Waals surface area contributed by atoms with E-state index in [0.717, 1.165) is 30.6 Å². The minimum absolute atomic E-state index is 0.0977. The largest absolute Gasteiger partial charge is 0.356 e. The molecule has 1 saturated heterocycles. The molecule has 492 valence electrons. The molecule has 0 aromatic carbocycles. The molecule has 1 fully saturated rings. The van der Waals surface area contributed by atoms with Gasteiger partial charge in [-0.25, -0.2) is 0 Å². The zero-order valence-corrected chi connectivity index (χ0v) is 56.4. The Labute approximate surface area is 514 Å². The van der Waals surface area contributed by atoms with Crippen LogP contribution in [0.4, 0.5) is 0 Å². The maximum Gasteiger partial charge on any atom is 0.245 e. The first-order chi connectivity index (χ1) is 39.8. The van der Waals surface area contributed by atoms with Gasteiger partial charge in [-0.2, -0.15) is 0 Å². The number of likely N-dealkylation sites (N-methyl/N-ethyl adjacent to an activating group) is 7. The topological polar surface area (TPSA) is 288 Å². The molecule has 0 aromatic heterocycles. The van der Waals surface area contributed by atoms with Gasteiger partial charge >= 0.3 is 0 Å². The Morgan fingerprint density at radius 2 is 0.884 bits per heavy atom. The molecule has 10 atom stereocenters. The molecule has 1 heterocycles. The van der Waals surface area contributed by atoms with E-state index in [1.807, 2.05) is 62.3 Å². The van der Waals surface area contributed by atoms with Crippen LogP contribution in [0.3, 0.4) is 0 Å². The average Bonchev–Trinajstić information content (AvgIpc) is 1.46. The second-order valence-corrected chi connectivity index (χ2v) is 26.2. The highest BCUT2D eigenvalue weighted by Gasteiger charge is 2.42. The summed E-state index contributed by atoms with van der Waals surface area (Å²) in [5.41, 5.74) is 0. The molecular formula is C62H112N12O12. The van der Waals surface area contributed by atoms with Crippen LogP contribution < -0.4 is 26.6 Å².